The monoisotopic (exact) mass is 358 g/mol. The SMILES string of the molecule is CC(C)(/N=N/C(C)(C)C1=NCCN1)C1=NCCN1.Cl.Cl.O.O. The van der Waals surface area contributed by atoms with Gasteiger partial charge in [0.15, 0.2) is 0 Å². The van der Waals surface area contributed by atoms with Crippen molar-refractivity contribution in [2.45, 2.75) is 38.8 Å². The lowest BCUT2D eigenvalue weighted by Crippen LogP contribution is -2.41. The number of nitrogens with zero attached hydrogens (tertiary/aromatic N) is 4. The van der Waals surface area contributed by atoms with Gasteiger partial charge < -0.3 is 21.6 Å². The van der Waals surface area contributed by atoms with Crippen molar-refractivity contribution < 1.29 is 11.0 Å². The van der Waals surface area contributed by atoms with Crippen LogP contribution in [-0.2, 0) is 0 Å². The molecule has 0 aromatic carbocycles. The summed E-state index contributed by atoms with van der Waals surface area (Å²) in [6, 6.07) is 0. The van der Waals surface area contributed by atoms with Crippen LogP contribution in [0.2, 0.25) is 0 Å². The van der Waals surface area contributed by atoms with Crippen LogP contribution in [0.3, 0.4) is 0 Å². The van der Waals surface area contributed by atoms with E-state index < -0.39 is 11.1 Å². The third kappa shape index (κ3) is 6.04. The van der Waals surface area contributed by atoms with E-state index in [2.05, 4.69) is 30.8 Å². The summed E-state index contributed by atoms with van der Waals surface area (Å²) in [6.07, 6.45) is 0. The number of halogens is 2. The van der Waals surface area contributed by atoms with Crippen molar-refractivity contribution in [1.29, 1.82) is 0 Å². The van der Waals surface area contributed by atoms with Gasteiger partial charge in [0, 0.05) is 13.1 Å². The van der Waals surface area contributed by atoms with Crippen LogP contribution < -0.4 is 10.6 Å². The summed E-state index contributed by atoms with van der Waals surface area (Å²) in [5, 5.41) is 15.4. The molecule has 0 atom stereocenters. The Balaban J connectivity index is -0.000000902. The van der Waals surface area contributed by atoms with Crippen LogP contribution in [0.5, 0.6) is 0 Å². The quantitative estimate of drug-likeness (QED) is 0.693. The van der Waals surface area contributed by atoms with E-state index in [9.17, 15) is 0 Å². The molecule has 6 N–H and O–H groups in total. The summed E-state index contributed by atoms with van der Waals surface area (Å²) < 4.78 is 0. The molecular formula is C12H28Cl2N6O2. The van der Waals surface area contributed by atoms with Crippen molar-refractivity contribution in [3.63, 3.8) is 0 Å². The fraction of sp³-hybridized carbons (Fsp3) is 0.833. The first-order valence-corrected chi connectivity index (χ1v) is 6.43. The minimum absolute atomic E-state index is 0. The fourth-order valence-corrected chi connectivity index (χ4v) is 1.96. The van der Waals surface area contributed by atoms with Crippen molar-refractivity contribution >= 4 is 36.5 Å². The van der Waals surface area contributed by atoms with E-state index in [0.717, 1.165) is 37.9 Å². The molecule has 8 nitrogen and oxygen atoms in total. The van der Waals surface area contributed by atoms with Crippen LogP contribution in [0, 0.1) is 0 Å². The molecule has 2 heterocycles. The van der Waals surface area contributed by atoms with Crippen LogP contribution in [-0.4, -0.2) is 59.9 Å². The van der Waals surface area contributed by atoms with Gasteiger partial charge in [-0.1, -0.05) is 0 Å². The number of hydrogen-bond acceptors (Lipinski definition) is 6. The van der Waals surface area contributed by atoms with Crippen molar-refractivity contribution in [3.8, 4) is 0 Å². The second-order valence-corrected chi connectivity index (χ2v) is 5.63. The molecule has 0 radical (unpaired) electrons. The first-order valence-electron chi connectivity index (χ1n) is 6.43. The summed E-state index contributed by atoms with van der Waals surface area (Å²) in [5.41, 5.74) is -0.792. The molecule has 0 aromatic heterocycles. The fourth-order valence-electron chi connectivity index (χ4n) is 1.96. The summed E-state index contributed by atoms with van der Waals surface area (Å²) in [6.45, 7) is 11.5. The average molecular weight is 359 g/mol. The van der Waals surface area contributed by atoms with Crippen LogP contribution in [0.1, 0.15) is 27.7 Å². The number of azo groups is 1. The van der Waals surface area contributed by atoms with E-state index in [1.807, 2.05) is 27.7 Å². The minimum Gasteiger partial charge on any atom is -0.412 e. The number of nitrogens with one attached hydrogen (secondary N) is 2. The topological polar surface area (TPSA) is 136 Å². The van der Waals surface area contributed by atoms with Gasteiger partial charge in [-0.15, -0.1) is 24.8 Å². The second kappa shape index (κ2) is 9.94. The molecule has 2 rings (SSSR count). The molecule has 10 heteroatoms. The summed E-state index contributed by atoms with van der Waals surface area (Å²) >= 11 is 0. The van der Waals surface area contributed by atoms with E-state index in [4.69, 9.17) is 0 Å². The Hall–Kier alpha value is -0.960. The molecule has 0 saturated heterocycles. The van der Waals surface area contributed by atoms with Gasteiger partial charge in [-0.25, -0.2) is 0 Å². The van der Waals surface area contributed by atoms with Gasteiger partial charge in [-0.2, -0.15) is 10.2 Å². The molecule has 0 spiro atoms. The van der Waals surface area contributed by atoms with E-state index in [1.165, 1.54) is 0 Å². The smallest absolute Gasteiger partial charge is 0.133 e. The van der Waals surface area contributed by atoms with Crippen LogP contribution in [0.15, 0.2) is 20.2 Å². The van der Waals surface area contributed by atoms with Gasteiger partial charge in [0.2, 0.25) is 0 Å². The number of hydrogen-bond donors (Lipinski definition) is 2. The van der Waals surface area contributed by atoms with E-state index >= 15 is 0 Å². The summed E-state index contributed by atoms with van der Waals surface area (Å²) in [7, 11) is 0. The Morgan fingerprint density at radius 1 is 0.773 bits per heavy atom. The Kier molecular flexibility index (Phi) is 11.7. The molecule has 2 aliphatic heterocycles. The van der Waals surface area contributed by atoms with Gasteiger partial charge in [0.1, 0.15) is 22.7 Å². The first-order chi connectivity index (χ1) is 8.42. The minimum atomic E-state index is -0.396. The number of rotatable bonds is 4. The van der Waals surface area contributed by atoms with Crippen LogP contribution >= 0.6 is 24.8 Å². The highest BCUT2D eigenvalue weighted by atomic mass is 35.5. The molecule has 0 aromatic rings. The predicted molar refractivity (Wildman–Crippen MR) is 95.3 cm³/mol. The number of aliphatic imine (C=N–C) groups is 2. The molecule has 2 aliphatic rings. The van der Waals surface area contributed by atoms with Crippen molar-refractivity contribution in [1.82, 2.24) is 10.6 Å². The van der Waals surface area contributed by atoms with E-state index in [-0.39, 0.29) is 35.8 Å². The summed E-state index contributed by atoms with van der Waals surface area (Å²) in [4.78, 5) is 8.82. The maximum Gasteiger partial charge on any atom is 0.133 e. The third-order valence-corrected chi connectivity index (χ3v) is 3.06. The standard InChI is InChI=1S/C12H22N6.2ClH.2H2O/c1-11(2,9-13-5-6-14-9)17-18-12(3,4)10-15-7-8-16-10;;;;/h5-8H2,1-4H3,(H,13,14)(H,15,16);2*1H;2*1H2/b18-17+;;;;. The predicted octanol–water partition coefficient (Wildman–Crippen LogP) is 0.193. The van der Waals surface area contributed by atoms with Crippen molar-refractivity contribution in [2.75, 3.05) is 26.2 Å². The highest BCUT2D eigenvalue weighted by Crippen LogP contribution is 2.19. The molecular weight excluding hydrogens is 331 g/mol. The van der Waals surface area contributed by atoms with Crippen LogP contribution in [0.25, 0.3) is 0 Å². The number of amidine groups is 2. The second-order valence-electron chi connectivity index (χ2n) is 5.63. The largest absolute Gasteiger partial charge is 0.412 e. The Morgan fingerprint density at radius 3 is 1.32 bits per heavy atom. The summed E-state index contributed by atoms with van der Waals surface area (Å²) in [5.74, 6) is 1.84. The highest BCUT2D eigenvalue weighted by Gasteiger charge is 2.31. The Morgan fingerprint density at radius 2 is 1.09 bits per heavy atom. The molecule has 22 heavy (non-hydrogen) atoms. The molecule has 0 amide bonds. The van der Waals surface area contributed by atoms with E-state index in [1.54, 1.807) is 0 Å². The normalized spacial score (nSPS) is 16.9. The van der Waals surface area contributed by atoms with Crippen LogP contribution in [0.4, 0.5) is 0 Å². The zero-order chi connectivity index (χ0) is 13.2. The lowest BCUT2D eigenvalue weighted by atomic mass is 10.0. The zero-order valence-corrected chi connectivity index (χ0v) is 15.1. The zero-order valence-electron chi connectivity index (χ0n) is 13.4. The maximum absolute atomic E-state index is 4.47. The van der Waals surface area contributed by atoms with Gasteiger partial charge in [0.25, 0.3) is 0 Å². The van der Waals surface area contributed by atoms with Gasteiger partial charge in [0.05, 0.1) is 13.1 Å². The first kappa shape index (κ1) is 26.0. The van der Waals surface area contributed by atoms with Crippen molar-refractivity contribution in [3.05, 3.63) is 0 Å². The van der Waals surface area contributed by atoms with Gasteiger partial charge in [-0.05, 0) is 27.7 Å². The molecule has 0 bridgehead atoms. The molecule has 0 aliphatic carbocycles. The maximum atomic E-state index is 4.47. The molecule has 132 valence electrons. The lowest BCUT2D eigenvalue weighted by Gasteiger charge is -2.23. The van der Waals surface area contributed by atoms with Gasteiger partial charge >= 0.3 is 0 Å². The van der Waals surface area contributed by atoms with E-state index in [0.29, 0.717) is 0 Å². The lowest BCUT2D eigenvalue weighted by molar-refractivity contribution is 0.552. The molecule has 0 unspecified atom stereocenters. The molecule has 0 fully saturated rings. The third-order valence-electron chi connectivity index (χ3n) is 3.06. The Labute approximate surface area is 143 Å². The molecule has 0 saturated carbocycles. The van der Waals surface area contributed by atoms with Gasteiger partial charge in [-0.3, -0.25) is 9.98 Å². The van der Waals surface area contributed by atoms with Crippen molar-refractivity contribution in [2.24, 2.45) is 20.2 Å². The highest BCUT2D eigenvalue weighted by molar-refractivity contribution is 5.93. The Bertz CT molecular complexity index is 386. The average Bonchev–Trinajstić information content (AvgIpc) is 2.99.